The zero-order chi connectivity index (χ0) is 22.4. The van der Waals surface area contributed by atoms with Gasteiger partial charge in [-0.3, -0.25) is 14.4 Å². The number of aromatic nitrogens is 1. The highest BCUT2D eigenvalue weighted by Crippen LogP contribution is 2.41. The van der Waals surface area contributed by atoms with Crippen molar-refractivity contribution in [2.45, 2.75) is 32.0 Å². The summed E-state index contributed by atoms with van der Waals surface area (Å²) >= 11 is 0. The Morgan fingerprint density at radius 1 is 1.29 bits per heavy atom. The van der Waals surface area contributed by atoms with Crippen LogP contribution in [0.25, 0.3) is 0 Å². The fourth-order valence-electron chi connectivity index (χ4n) is 4.42. The number of amides is 2. The van der Waals surface area contributed by atoms with Gasteiger partial charge in [-0.25, -0.2) is 8.78 Å². The van der Waals surface area contributed by atoms with Crippen molar-refractivity contribution in [1.82, 2.24) is 20.1 Å². The molecule has 0 bridgehead atoms. The van der Waals surface area contributed by atoms with E-state index >= 15 is 0 Å². The third-order valence-corrected chi connectivity index (χ3v) is 5.79. The van der Waals surface area contributed by atoms with Crippen molar-refractivity contribution in [3.8, 4) is 5.75 Å². The van der Waals surface area contributed by atoms with E-state index < -0.39 is 34.6 Å². The van der Waals surface area contributed by atoms with Crippen molar-refractivity contribution < 1.29 is 23.5 Å². The molecule has 1 aromatic heterocycles. The lowest BCUT2D eigenvalue weighted by atomic mass is 10.0. The number of halogens is 2. The van der Waals surface area contributed by atoms with E-state index in [1.165, 1.54) is 11.0 Å². The summed E-state index contributed by atoms with van der Waals surface area (Å²) in [5.41, 5.74) is -0.977. The first kappa shape index (κ1) is 21.0. The van der Waals surface area contributed by atoms with Gasteiger partial charge in [-0.1, -0.05) is 13.0 Å². The van der Waals surface area contributed by atoms with E-state index in [1.807, 2.05) is 6.92 Å². The molecule has 2 atom stereocenters. The third-order valence-electron chi connectivity index (χ3n) is 5.79. The van der Waals surface area contributed by atoms with E-state index in [-0.39, 0.29) is 35.4 Å². The molecule has 0 saturated heterocycles. The maximum atomic E-state index is 13.9. The van der Waals surface area contributed by atoms with Crippen molar-refractivity contribution in [2.24, 2.45) is 0 Å². The summed E-state index contributed by atoms with van der Waals surface area (Å²) in [6, 6.07) is 2.40. The Morgan fingerprint density at radius 2 is 2.03 bits per heavy atom. The van der Waals surface area contributed by atoms with Crippen molar-refractivity contribution in [3.63, 3.8) is 0 Å². The van der Waals surface area contributed by atoms with E-state index in [9.17, 15) is 28.3 Å². The van der Waals surface area contributed by atoms with E-state index in [2.05, 4.69) is 10.6 Å². The minimum absolute atomic E-state index is 0.0476. The number of carbonyl (C=O) groups is 2. The molecule has 3 heterocycles. The highest BCUT2D eigenvalue weighted by molar-refractivity contribution is 6.00. The van der Waals surface area contributed by atoms with Crippen molar-refractivity contribution >= 4 is 11.8 Å². The maximum Gasteiger partial charge on any atom is 0.274 e. The quantitative estimate of drug-likeness (QED) is 0.664. The normalized spacial score (nSPS) is 19.5. The van der Waals surface area contributed by atoms with Crippen molar-refractivity contribution in [1.29, 1.82) is 0 Å². The fourth-order valence-corrected chi connectivity index (χ4v) is 4.42. The number of nitrogens with zero attached hydrogens (tertiary/aromatic N) is 2. The Kier molecular flexibility index (Phi) is 5.26. The first-order valence-electron chi connectivity index (χ1n) is 9.96. The van der Waals surface area contributed by atoms with Crippen LogP contribution in [0.4, 0.5) is 8.78 Å². The molecule has 0 radical (unpaired) electrons. The topological polar surface area (TPSA) is 104 Å². The van der Waals surface area contributed by atoms with Crippen molar-refractivity contribution in [3.05, 3.63) is 62.6 Å². The maximum absolute atomic E-state index is 13.9. The summed E-state index contributed by atoms with van der Waals surface area (Å²) in [6.07, 6.45) is 0.536. The summed E-state index contributed by atoms with van der Waals surface area (Å²) in [5.74, 6) is -3.64. The van der Waals surface area contributed by atoms with E-state index in [0.717, 1.165) is 6.07 Å². The van der Waals surface area contributed by atoms with E-state index in [0.29, 0.717) is 31.3 Å². The molecule has 164 valence electrons. The molecule has 0 fully saturated rings. The van der Waals surface area contributed by atoms with Gasteiger partial charge in [0.2, 0.25) is 5.43 Å². The second kappa shape index (κ2) is 7.77. The number of pyridine rings is 1. The summed E-state index contributed by atoms with van der Waals surface area (Å²) < 4.78 is 28.6. The van der Waals surface area contributed by atoms with Gasteiger partial charge in [0.15, 0.2) is 11.4 Å². The molecule has 0 spiro atoms. The molecule has 0 unspecified atom stereocenters. The number of nitrogens with one attached hydrogen (secondary N) is 2. The first-order chi connectivity index (χ1) is 14.7. The van der Waals surface area contributed by atoms with Crippen LogP contribution in [0.2, 0.25) is 0 Å². The molecular formula is C21H22F2N4O4. The van der Waals surface area contributed by atoms with Gasteiger partial charge in [-0.2, -0.15) is 0 Å². The molecule has 10 heteroatoms. The van der Waals surface area contributed by atoms with Crippen LogP contribution >= 0.6 is 0 Å². The molecule has 3 N–H and O–H groups in total. The Hall–Kier alpha value is -3.27. The van der Waals surface area contributed by atoms with Crippen LogP contribution in [0.15, 0.2) is 23.0 Å². The SMILES string of the molecule is CCN[C@H]1C[C@@H]2CN(C)C(=O)c3c(O)c(=O)c(C(=O)NCc4ccc(F)cc4F)c1n32. The Balaban J connectivity index is 1.78. The molecular weight excluding hydrogens is 410 g/mol. The van der Waals surface area contributed by atoms with Crippen LogP contribution in [0, 0.1) is 11.6 Å². The third kappa shape index (κ3) is 3.36. The molecule has 1 aromatic carbocycles. The predicted molar refractivity (Wildman–Crippen MR) is 107 cm³/mol. The average molecular weight is 432 g/mol. The lowest BCUT2D eigenvalue weighted by molar-refractivity contribution is 0.0713. The molecule has 2 aliphatic rings. The van der Waals surface area contributed by atoms with Crippen LogP contribution in [-0.2, 0) is 6.54 Å². The molecule has 2 aromatic rings. The Morgan fingerprint density at radius 3 is 2.71 bits per heavy atom. The molecule has 4 rings (SSSR count). The van der Waals surface area contributed by atoms with Gasteiger partial charge < -0.3 is 25.2 Å². The summed E-state index contributed by atoms with van der Waals surface area (Å²) in [5, 5.41) is 16.2. The summed E-state index contributed by atoms with van der Waals surface area (Å²) in [6.45, 7) is 2.55. The zero-order valence-corrected chi connectivity index (χ0v) is 17.0. The minimum atomic E-state index is -0.953. The monoisotopic (exact) mass is 432 g/mol. The number of hydrogen-bond donors (Lipinski definition) is 3. The molecule has 2 aliphatic heterocycles. The Labute approximate surface area is 176 Å². The summed E-state index contributed by atoms with van der Waals surface area (Å²) in [4.78, 5) is 40.0. The molecule has 8 nitrogen and oxygen atoms in total. The second-order valence-corrected chi connectivity index (χ2v) is 7.76. The Bertz CT molecular complexity index is 1150. The van der Waals surface area contributed by atoms with Crippen LogP contribution in [0.1, 0.15) is 57.5 Å². The fraction of sp³-hybridized carbons (Fsp3) is 0.381. The highest BCUT2D eigenvalue weighted by atomic mass is 19.1. The van der Waals surface area contributed by atoms with Gasteiger partial charge in [-0.15, -0.1) is 0 Å². The number of aromatic hydroxyl groups is 1. The molecule has 0 aliphatic carbocycles. The van der Waals surface area contributed by atoms with Gasteiger partial charge in [0, 0.05) is 31.8 Å². The second-order valence-electron chi connectivity index (χ2n) is 7.76. The van der Waals surface area contributed by atoms with Gasteiger partial charge in [0.25, 0.3) is 11.8 Å². The molecule has 2 amide bonds. The van der Waals surface area contributed by atoms with Crippen LogP contribution in [0.3, 0.4) is 0 Å². The first-order valence-corrected chi connectivity index (χ1v) is 9.96. The van der Waals surface area contributed by atoms with Gasteiger partial charge in [0.05, 0.1) is 17.8 Å². The van der Waals surface area contributed by atoms with E-state index in [4.69, 9.17) is 0 Å². The minimum Gasteiger partial charge on any atom is -0.503 e. The molecule has 0 saturated carbocycles. The lowest BCUT2D eigenvalue weighted by Gasteiger charge is -2.32. The number of likely N-dealkylation sites (N-methyl/N-ethyl adjacent to an activating group) is 1. The zero-order valence-electron chi connectivity index (χ0n) is 17.0. The largest absolute Gasteiger partial charge is 0.503 e. The highest BCUT2D eigenvalue weighted by Gasteiger charge is 2.44. The number of benzene rings is 1. The van der Waals surface area contributed by atoms with Gasteiger partial charge in [0.1, 0.15) is 17.2 Å². The smallest absolute Gasteiger partial charge is 0.274 e. The van der Waals surface area contributed by atoms with Gasteiger partial charge in [-0.05, 0) is 19.0 Å². The predicted octanol–water partition coefficient (Wildman–Crippen LogP) is 1.44. The van der Waals surface area contributed by atoms with Crippen LogP contribution in [0.5, 0.6) is 5.75 Å². The van der Waals surface area contributed by atoms with Crippen molar-refractivity contribution in [2.75, 3.05) is 20.1 Å². The lowest BCUT2D eigenvalue weighted by Crippen LogP contribution is -2.42. The number of hydrogen-bond acceptors (Lipinski definition) is 5. The van der Waals surface area contributed by atoms with Gasteiger partial charge >= 0.3 is 0 Å². The molecule has 31 heavy (non-hydrogen) atoms. The summed E-state index contributed by atoms with van der Waals surface area (Å²) in [7, 11) is 1.59. The average Bonchev–Trinajstić information content (AvgIpc) is 3.05. The number of rotatable bonds is 5. The van der Waals surface area contributed by atoms with Crippen LogP contribution in [-0.4, -0.2) is 46.5 Å². The van der Waals surface area contributed by atoms with Crippen LogP contribution < -0.4 is 16.1 Å². The van der Waals surface area contributed by atoms with E-state index in [1.54, 1.807) is 11.6 Å². The number of carbonyl (C=O) groups excluding carboxylic acids is 2. The standard InChI is InChI=1S/C21H22F2N4O4/c1-3-24-14-7-12-9-26(2)21(31)17-19(29)18(28)15(16(14)27(12)17)20(30)25-8-10-4-5-11(22)6-13(10)23/h4-6,12,14,24,29H,3,7-9H2,1-2H3,(H,25,30)/t12-,14+/m1/s1.